The minimum absolute atomic E-state index is 1.20. The molecule has 0 radical (unpaired) electrons. The first-order valence-corrected chi connectivity index (χ1v) is 7.73. The van der Waals surface area contributed by atoms with Crippen molar-refractivity contribution in [2.24, 2.45) is 0 Å². The molecule has 0 aromatic rings. The maximum absolute atomic E-state index is 2.32. The van der Waals surface area contributed by atoms with Crippen molar-refractivity contribution in [1.82, 2.24) is 0 Å². The Morgan fingerprint density at radius 3 is 2.00 bits per heavy atom. The van der Waals surface area contributed by atoms with E-state index in [1.54, 1.807) is 0 Å². The van der Waals surface area contributed by atoms with Gasteiger partial charge in [0.15, 0.2) is 0 Å². The van der Waals surface area contributed by atoms with Gasteiger partial charge in [-0.2, -0.15) is 0 Å². The smallest absolute Gasteiger partial charge is 0.00546 e. The van der Waals surface area contributed by atoms with Crippen LogP contribution in [0.1, 0.15) is 71.6 Å². The Morgan fingerprint density at radius 1 is 0.800 bits per heavy atom. The van der Waals surface area contributed by atoms with E-state index in [9.17, 15) is 0 Å². The first-order valence-electron chi connectivity index (χ1n) is 6.68. The van der Waals surface area contributed by atoms with Crippen LogP contribution in [0.15, 0.2) is 11.5 Å². The summed E-state index contributed by atoms with van der Waals surface area (Å²) >= 11 is 1.90. The fourth-order valence-electron chi connectivity index (χ4n) is 1.63. The molecule has 0 saturated carbocycles. The van der Waals surface area contributed by atoms with Gasteiger partial charge in [-0.15, -0.1) is 11.8 Å². The lowest BCUT2D eigenvalue weighted by molar-refractivity contribution is 0.578. The molecule has 0 unspecified atom stereocenters. The molecule has 0 atom stereocenters. The first kappa shape index (κ1) is 15.1. The van der Waals surface area contributed by atoms with Crippen molar-refractivity contribution in [3.63, 3.8) is 0 Å². The highest BCUT2D eigenvalue weighted by molar-refractivity contribution is 8.02. The summed E-state index contributed by atoms with van der Waals surface area (Å²) in [6, 6.07) is 0. The number of hydrogen-bond donors (Lipinski definition) is 0. The van der Waals surface area contributed by atoms with Crippen molar-refractivity contribution in [2.75, 3.05) is 5.75 Å². The predicted molar refractivity (Wildman–Crippen MR) is 74.5 cm³/mol. The lowest BCUT2D eigenvalue weighted by atomic mass is 10.1. The summed E-state index contributed by atoms with van der Waals surface area (Å²) < 4.78 is 0. The minimum atomic E-state index is 1.20. The Bertz CT molecular complexity index is 129. The van der Waals surface area contributed by atoms with E-state index < -0.39 is 0 Å². The van der Waals surface area contributed by atoms with Gasteiger partial charge in [0.2, 0.25) is 0 Å². The van der Waals surface area contributed by atoms with E-state index in [0.717, 1.165) is 0 Å². The molecule has 0 aliphatic carbocycles. The standard InChI is InChI=1S/C14H28S/c1-3-5-6-7-8-9-10-11-12-13-14-15-4-2/h13-14H,3-12H2,1-2H3/b14-13+. The zero-order valence-electron chi connectivity index (χ0n) is 10.6. The molecular formula is C14H28S. The van der Waals surface area contributed by atoms with Crippen LogP contribution in [-0.4, -0.2) is 5.75 Å². The van der Waals surface area contributed by atoms with Gasteiger partial charge in [0.05, 0.1) is 0 Å². The van der Waals surface area contributed by atoms with Crippen molar-refractivity contribution < 1.29 is 0 Å². The minimum Gasteiger partial charge on any atom is -0.135 e. The number of unbranched alkanes of at least 4 members (excludes halogenated alkanes) is 8. The summed E-state index contributed by atoms with van der Waals surface area (Å²) in [7, 11) is 0. The van der Waals surface area contributed by atoms with Crippen LogP contribution >= 0.6 is 11.8 Å². The second-order valence-electron chi connectivity index (χ2n) is 4.09. The second-order valence-corrected chi connectivity index (χ2v) is 5.27. The van der Waals surface area contributed by atoms with Crippen LogP contribution in [-0.2, 0) is 0 Å². The van der Waals surface area contributed by atoms with Crippen LogP contribution in [0.25, 0.3) is 0 Å². The SMILES string of the molecule is CCCCCCCCCC/C=C/SCC. The van der Waals surface area contributed by atoms with Gasteiger partial charge in [0, 0.05) is 0 Å². The molecule has 0 aliphatic heterocycles. The van der Waals surface area contributed by atoms with Gasteiger partial charge in [0.25, 0.3) is 0 Å². The lowest BCUT2D eigenvalue weighted by Crippen LogP contribution is -1.79. The summed E-state index contributed by atoms with van der Waals surface area (Å²) in [4.78, 5) is 0. The fraction of sp³-hybridized carbons (Fsp3) is 0.857. The molecule has 0 saturated heterocycles. The monoisotopic (exact) mass is 228 g/mol. The summed E-state index contributed by atoms with van der Waals surface area (Å²) in [5.74, 6) is 1.20. The van der Waals surface area contributed by atoms with Gasteiger partial charge >= 0.3 is 0 Å². The second kappa shape index (κ2) is 14.1. The Balaban J connectivity index is 2.92. The molecule has 1 heteroatoms. The third-order valence-electron chi connectivity index (χ3n) is 2.58. The molecule has 0 aromatic heterocycles. The predicted octanol–water partition coefficient (Wildman–Crippen LogP) is 5.78. The lowest BCUT2D eigenvalue weighted by Gasteiger charge is -1.99. The van der Waals surface area contributed by atoms with Crippen molar-refractivity contribution in [2.45, 2.75) is 71.6 Å². The van der Waals surface area contributed by atoms with Gasteiger partial charge in [-0.1, -0.05) is 64.9 Å². The molecule has 0 aromatic carbocycles. The largest absolute Gasteiger partial charge is 0.135 e. The van der Waals surface area contributed by atoms with E-state index in [2.05, 4.69) is 25.3 Å². The molecule has 90 valence electrons. The quantitative estimate of drug-likeness (QED) is 0.404. The molecule has 0 N–H and O–H groups in total. The van der Waals surface area contributed by atoms with Crippen LogP contribution < -0.4 is 0 Å². The molecule has 0 fully saturated rings. The first-order chi connectivity index (χ1) is 7.41. The molecule has 15 heavy (non-hydrogen) atoms. The molecule has 0 spiro atoms. The van der Waals surface area contributed by atoms with Gasteiger partial charge in [-0.05, 0) is 24.0 Å². The molecule has 0 amide bonds. The Kier molecular flexibility index (Phi) is 14.2. The molecule has 0 bridgehead atoms. The van der Waals surface area contributed by atoms with Gasteiger partial charge in [-0.25, -0.2) is 0 Å². The average Bonchev–Trinajstić information content (AvgIpc) is 2.26. The topological polar surface area (TPSA) is 0 Å². The van der Waals surface area contributed by atoms with E-state index in [0.29, 0.717) is 0 Å². The molecule has 0 rings (SSSR count). The number of allylic oxidation sites excluding steroid dienone is 1. The number of rotatable bonds is 11. The van der Waals surface area contributed by atoms with E-state index in [4.69, 9.17) is 0 Å². The summed E-state index contributed by atoms with van der Waals surface area (Å²) in [5, 5.41) is 2.25. The zero-order chi connectivity index (χ0) is 11.2. The number of thioether (sulfide) groups is 1. The van der Waals surface area contributed by atoms with E-state index in [1.807, 2.05) is 11.8 Å². The summed E-state index contributed by atoms with van der Waals surface area (Å²) in [6.07, 6.45) is 15.0. The Labute approximate surface area is 101 Å². The highest BCUT2D eigenvalue weighted by atomic mass is 32.2. The Morgan fingerprint density at radius 2 is 1.40 bits per heavy atom. The Hall–Kier alpha value is 0.0900. The van der Waals surface area contributed by atoms with Crippen molar-refractivity contribution in [3.05, 3.63) is 11.5 Å². The van der Waals surface area contributed by atoms with Gasteiger partial charge in [-0.3, -0.25) is 0 Å². The van der Waals surface area contributed by atoms with Crippen molar-refractivity contribution in [3.8, 4) is 0 Å². The highest BCUT2D eigenvalue weighted by Gasteiger charge is 1.90. The molecular weight excluding hydrogens is 200 g/mol. The van der Waals surface area contributed by atoms with Crippen LogP contribution in [0.4, 0.5) is 0 Å². The van der Waals surface area contributed by atoms with Gasteiger partial charge in [0.1, 0.15) is 0 Å². The maximum Gasteiger partial charge on any atom is -0.00546 e. The molecule has 0 heterocycles. The van der Waals surface area contributed by atoms with Crippen LogP contribution in [0, 0.1) is 0 Å². The third kappa shape index (κ3) is 14.1. The number of hydrogen-bond acceptors (Lipinski definition) is 1. The normalized spacial score (nSPS) is 11.3. The molecule has 0 aliphatic rings. The summed E-state index contributed by atoms with van der Waals surface area (Å²) in [6.45, 7) is 4.48. The molecule has 0 nitrogen and oxygen atoms in total. The van der Waals surface area contributed by atoms with Gasteiger partial charge < -0.3 is 0 Å². The van der Waals surface area contributed by atoms with E-state index in [1.165, 1.54) is 63.5 Å². The maximum atomic E-state index is 2.32. The zero-order valence-corrected chi connectivity index (χ0v) is 11.5. The van der Waals surface area contributed by atoms with E-state index in [-0.39, 0.29) is 0 Å². The fourth-order valence-corrected chi connectivity index (χ4v) is 2.09. The van der Waals surface area contributed by atoms with Crippen LogP contribution in [0.5, 0.6) is 0 Å². The third-order valence-corrected chi connectivity index (χ3v) is 3.30. The average molecular weight is 228 g/mol. The van der Waals surface area contributed by atoms with Crippen LogP contribution in [0.2, 0.25) is 0 Å². The highest BCUT2D eigenvalue weighted by Crippen LogP contribution is 2.10. The van der Waals surface area contributed by atoms with Crippen molar-refractivity contribution >= 4 is 11.8 Å². The van der Waals surface area contributed by atoms with E-state index >= 15 is 0 Å². The van der Waals surface area contributed by atoms with Crippen LogP contribution in [0.3, 0.4) is 0 Å². The van der Waals surface area contributed by atoms with Crippen molar-refractivity contribution in [1.29, 1.82) is 0 Å². The summed E-state index contributed by atoms with van der Waals surface area (Å²) in [5.41, 5.74) is 0.